The second kappa shape index (κ2) is 9.16. The molecule has 1 saturated heterocycles. The highest BCUT2D eigenvalue weighted by atomic mass is 16.5. The highest BCUT2D eigenvalue weighted by Crippen LogP contribution is 2.26. The van der Waals surface area contributed by atoms with E-state index in [1.54, 1.807) is 0 Å². The summed E-state index contributed by atoms with van der Waals surface area (Å²) >= 11 is 0. The van der Waals surface area contributed by atoms with Crippen LogP contribution >= 0.6 is 0 Å². The third-order valence-corrected chi connectivity index (χ3v) is 5.56. The maximum absolute atomic E-state index is 12.3. The van der Waals surface area contributed by atoms with E-state index in [-0.39, 0.29) is 12.5 Å². The molecule has 0 bridgehead atoms. The monoisotopic (exact) mass is 403 g/mol. The molecule has 1 amide bonds. The van der Waals surface area contributed by atoms with Gasteiger partial charge in [0, 0.05) is 42.5 Å². The van der Waals surface area contributed by atoms with Crippen LogP contribution in [0.15, 0.2) is 48.5 Å². The average Bonchev–Trinajstić information content (AvgIpc) is 2.77. The third-order valence-electron chi connectivity index (χ3n) is 5.56. The summed E-state index contributed by atoms with van der Waals surface area (Å²) in [6.45, 7) is 6.72. The van der Waals surface area contributed by atoms with Crippen LogP contribution < -0.4 is 15.0 Å². The van der Waals surface area contributed by atoms with E-state index in [1.165, 1.54) is 24.9 Å². The molecule has 5 nitrogen and oxygen atoms in total. The number of piperidine rings is 1. The Kier molecular flexibility index (Phi) is 6.17. The summed E-state index contributed by atoms with van der Waals surface area (Å²) in [6, 6.07) is 16.4. The van der Waals surface area contributed by atoms with Gasteiger partial charge in [-0.05, 0) is 62.9 Å². The number of carbonyl (C=O) groups excluding carboxylic acids is 1. The maximum atomic E-state index is 12.3. The van der Waals surface area contributed by atoms with Gasteiger partial charge in [-0.25, -0.2) is 0 Å². The van der Waals surface area contributed by atoms with E-state index in [9.17, 15) is 4.79 Å². The van der Waals surface area contributed by atoms with Crippen LogP contribution in [-0.4, -0.2) is 30.6 Å². The molecular weight excluding hydrogens is 374 g/mol. The van der Waals surface area contributed by atoms with E-state index in [4.69, 9.17) is 4.74 Å². The molecule has 156 valence electrons. The molecule has 4 rings (SSSR count). The van der Waals surface area contributed by atoms with Crippen LogP contribution in [-0.2, 0) is 11.3 Å². The van der Waals surface area contributed by atoms with Crippen molar-refractivity contribution in [3.05, 3.63) is 65.4 Å². The normalized spacial score (nSPS) is 14.0. The predicted molar refractivity (Wildman–Crippen MR) is 121 cm³/mol. The van der Waals surface area contributed by atoms with Gasteiger partial charge in [0.05, 0.1) is 5.52 Å². The number of anilines is 1. The lowest BCUT2D eigenvalue weighted by Gasteiger charge is -2.28. The van der Waals surface area contributed by atoms with Crippen molar-refractivity contribution in [1.29, 1.82) is 0 Å². The average molecular weight is 404 g/mol. The summed E-state index contributed by atoms with van der Waals surface area (Å²) < 4.78 is 5.85. The molecule has 1 aromatic heterocycles. The van der Waals surface area contributed by atoms with Gasteiger partial charge in [0.15, 0.2) is 6.61 Å². The quantitative estimate of drug-likeness (QED) is 0.657. The Balaban J connectivity index is 1.32. The first-order valence-corrected chi connectivity index (χ1v) is 10.7. The number of ether oxygens (including phenoxy) is 1. The van der Waals surface area contributed by atoms with Crippen molar-refractivity contribution in [1.82, 2.24) is 10.3 Å². The van der Waals surface area contributed by atoms with E-state index >= 15 is 0 Å². The maximum Gasteiger partial charge on any atom is 0.258 e. The number of amides is 1. The minimum Gasteiger partial charge on any atom is -0.483 e. The smallest absolute Gasteiger partial charge is 0.258 e. The van der Waals surface area contributed by atoms with E-state index in [0.717, 1.165) is 40.8 Å². The van der Waals surface area contributed by atoms with Crippen LogP contribution in [0.3, 0.4) is 0 Å². The summed E-state index contributed by atoms with van der Waals surface area (Å²) in [7, 11) is 0. The van der Waals surface area contributed by atoms with Crippen LogP contribution in [0.25, 0.3) is 10.9 Å². The minimum atomic E-state index is -0.134. The standard InChI is InChI=1S/C25H29N3O2/c1-18-6-11-23-22(14-18)24(15-19(2)27-23)30-17-25(29)26-16-20-7-9-21(10-8-20)28-12-4-3-5-13-28/h6-11,14-15H,3-5,12-13,16-17H2,1-2H3,(H,26,29). The number of hydrogen-bond acceptors (Lipinski definition) is 4. The first-order valence-electron chi connectivity index (χ1n) is 10.7. The molecule has 0 atom stereocenters. The first-order chi connectivity index (χ1) is 14.6. The van der Waals surface area contributed by atoms with Crippen molar-refractivity contribution < 1.29 is 9.53 Å². The predicted octanol–water partition coefficient (Wildman–Crippen LogP) is 4.54. The zero-order valence-corrected chi connectivity index (χ0v) is 17.8. The number of pyridine rings is 1. The van der Waals surface area contributed by atoms with Crippen molar-refractivity contribution >= 4 is 22.5 Å². The fourth-order valence-corrected chi connectivity index (χ4v) is 3.93. The van der Waals surface area contributed by atoms with Crippen LogP contribution in [0.5, 0.6) is 5.75 Å². The van der Waals surface area contributed by atoms with Gasteiger partial charge in [0.2, 0.25) is 0 Å². The molecule has 5 heteroatoms. The van der Waals surface area contributed by atoms with Crippen molar-refractivity contribution in [2.75, 3.05) is 24.6 Å². The molecule has 0 radical (unpaired) electrons. The Morgan fingerprint density at radius 2 is 1.80 bits per heavy atom. The van der Waals surface area contributed by atoms with Gasteiger partial charge in [0.25, 0.3) is 5.91 Å². The summed E-state index contributed by atoms with van der Waals surface area (Å²) in [5.74, 6) is 0.563. The van der Waals surface area contributed by atoms with E-state index in [1.807, 2.05) is 38.1 Å². The lowest BCUT2D eigenvalue weighted by atomic mass is 10.1. The van der Waals surface area contributed by atoms with Gasteiger partial charge in [0.1, 0.15) is 5.75 Å². The lowest BCUT2D eigenvalue weighted by molar-refractivity contribution is -0.123. The van der Waals surface area contributed by atoms with Crippen molar-refractivity contribution in [2.24, 2.45) is 0 Å². The Morgan fingerprint density at radius 3 is 2.57 bits per heavy atom. The number of aryl methyl sites for hydroxylation is 2. The Labute approximate surface area is 178 Å². The molecular formula is C25H29N3O2. The van der Waals surface area contributed by atoms with Gasteiger partial charge in [-0.15, -0.1) is 0 Å². The number of hydrogen-bond donors (Lipinski definition) is 1. The van der Waals surface area contributed by atoms with Gasteiger partial charge < -0.3 is 15.0 Å². The van der Waals surface area contributed by atoms with E-state index in [0.29, 0.717) is 12.3 Å². The number of nitrogens with one attached hydrogen (secondary N) is 1. The fourth-order valence-electron chi connectivity index (χ4n) is 3.93. The largest absolute Gasteiger partial charge is 0.483 e. The lowest BCUT2D eigenvalue weighted by Crippen LogP contribution is -2.29. The van der Waals surface area contributed by atoms with Crippen molar-refractivity contribution in [2.45, 2.75) is 39.7 Å². The van der Waals surface area contributed by atoms with Gasteiger partial charge in [-0.2, -0.15) is 0 Å². The summed E-state index contributed by atoms with van der Waals surface area (Å²) in [4.78, 5) is 19.3. The summed E-state index contributed by atoms with van der Waals surface area (Å²) in [5, 5.41) is 3.88. The fraction of sp³-hybridized carbons (Fsp3) is 0.360. The van der Waals surface area contributed by atoms with Crippen molar-refractivity contribution in [3.8, 4) is 5.75 Å². The van der Waals surface area contributed by atoms with Gasteiger partial charge in [-0.3, -0.25) is 9.78 Å². The molecule has 0 unspecified atom stereocenters. The molecule has 0 saturated carbocycles. The molecule has 1 aliphatic heterocycles. The summed E-state index contributed by atoms with van der Waals surface area (Å²) in [5.41, 5.74) is 5.24. The number of nitrogens with zero attached hydrogens (tertiary/aromatic N) is 2. The van der Waals surface area contributed by atoms with Crippen LogP contribution in [0.1, 0.15) is 36.1 Å². The highest BCUT2D eigenvalue weighted by Gasteiger charge is 2.11. The van der Waals surface area contributed by atoms with Gasteiger partial charge in [-0.1, -0.05) is 23.8 Å². The molecule has 2 heterocycles. The molecule has 1 fully saturated rings. The Bertz CT molecular complexity index is 1020. The molecule has 3 aromatic rings. The van der Waals surface area contributed by atoms with E-state index < -0.39 is 0 Å². The number of aromatic nitrogens is 1. The van der Waals surface area contributed by atoms with Crippen molar-refractivity contribution in [3.63, 3.8) is 0 Å². The Morgan fingerprint density at radius 1 is 1.03 bits per heavy atom. The van der Waals surface area contributed by atoms with Crippen LogP contribution in [0, 0.1) is 13.8 Å². The molecule has 0 spiro atoms. The second-order valence-electron chi connectivity index (χ2n) is 8.06. The minimum absolute atomic E-state index is 0.0155. The molecule has 2 aromatic carbocycles. The van der Waals surface area contributed by atoms with E-state index in [2.05, 4.69) is 39.5 Å². The highest BCUT2D eigenvalue weighted by molar-refractivity contribution is 5.86. The molecule has 1 N–H and O–H groups in total. The number of rotatable bonds is 6. The van der Waals surface area contributed by atoms with Crippen LogP contribution in [0.2, 0.25) is 0 Å². The summed E-state index contributed by atoms with van der Waals surface area (Å²) in [6.07, 6.45) is 3.87. The zero-order chi connectivity index (χ0) is 20.9. The number of fused-ring (bicyclic) bond motifs is 1. The molecule has 30 heavy (non-hydrogen) atoms. The zero-order valence-electron chi connectivity index (χ0n) is 17.8. The molecule has 1 aliphatic rings. The SMILES string of the molecule is Cc1ccc2nc(C)cc(OCC(=O)NCc3ccc(N4CCCCC4)cc3)c2c1. The van der Waals surface area contributed by atoms with Gasteiger partial charge >= 0.3 is 0 Å². The first kappa shape index (κ1) is 20.2. The van der Waals surface area contributed by atoms with Crippen LogP contribution in [0.4, 0.5) is 5.69 Å². The number of benzene rings is 2. The third kappa shape index (κ3) is 4.90. The Hall–Kier alpha value is -3.08. The number of carbonyl (C=O) groups is 1. The second-order valence-corrected chi connectivity index (χ2v) is 8.06. The topological polar surface area (TPSA) is 54.5 Å². The molecule has 0 aliphatic carbocycles.